The van der Waals surface area contributed by atoms with Gasteiger partial charge in [0.2, 0.25) is 0 Å². The van der Waals surface area contributed by atoms with E-state index >= 15 is 0 Å². The molecule has 4 nitrogen and oxygen atoms in total. The minimum absolute atomic E-state index is 0.115. The number of hydrogen-bond donors (Lipinski definition) is 0. The summed E-state index contributed by atoms with van der Waals surface area (Å²) < 4.78 is 36.8. The van der Waals surface area contributed by atoms with Gasteiger partial charge < -0.3 is 8.39 Å². The maximum Gasteiger partial charge on any atom is 0.175 e. The minimum atomic E-state index is -3.16. The van der Waals surface area contributed by atoms with Crippen molar-refractivity contribution in [1.82, 2.24) is 0 Å². The molecule has 1 aliphatic heterocycles. The summed E-state index contributed by atoms with van der Waals surface area (Å²) in [5, 5.41) is 0. The van der Waals surface area contributed by atoms with Gasteiger partial charge in [0.05, 0.1) is 5.75 Å². The van der Waals surface area contributed by atoms with E-state index in [1.807, 2.05) is 0 Å². The van der Waals surface area contributed by atoms with E-state index in [4.69, 9.17) is 0 Å². The quantitative estimate of drug-likeness (QED) is 0.601. The second-order valence-corrected chi connectivity index (χ2v) is 5.92. The molecule has 1 unspecified atom stereocenters. The predicted octanol–water partition coefficient (Wildman–Crippen LogP) is -0.122. The molecule has 0 spiro atoms. The van der Waals surface area contributed by atoms with Crippen molar-refractivity contribution in [3.63, 3.8) is 0 Å². The van der Waals surface area contributed by atoms with Crippen LogP contribution in [0.2, 0.25) is 0 Å². The van der Waals surface area contributed by atoms with Gasteiger partial charge in [-0.1, -0.05) is 9.64 Å². The molecular formula is C4H7O4S3-. The third-order valence-electron chi connectivity index (χ3n) is 1.46. The zero-order chi connectivity index (χ0) is 8.48. The summed E-state index contributed by atoms with van der Waals surface area (Å²) in [6.45, 7) is 0. The third kappa shape index (κ3) is 2.36. The number of rotatable bonds is 2. The molecule has 11 heavy (non-hydrogen) atoms. The smallest absolute Gasteiger partial charge is 0.175 e. The van der Waals surface area contributed by atoms with Gasteiger partial charge in [-0.25, -0.2) is 19.6 Å². The molecular weight excluding hydrogens is 208 g/mol. The van der Waals surface area contributed by atoms with E-state index in [1.54, 1.807) is 0 Å². The molecule has 0 N–H and O–H groups in total. The van der Waals surface area contributed by atoms with Gasteiger partial charge in [0.1, 0.15) is 5.44 Å². The Morgan fingerprint density at radius 2 is 2.18 bits per heavy atom. The molecule has 1 aliphatic rings. The summed E-state index contributed by atoms with van der Waals surface area (Å²) in [5.41, 5.74) is -0.930. The first kappa shape index (κ1) is 9.37. The molecule has 0 bridgehead atoms. The largest absolute Gasteiger partial charge is 0.428 e. The van der Waals surface area contributed by atoms with Crippen molar-refractivity contribution in [2.75, 3.05) is 5.75 Å². The van der Waals surface area contributed by atoms with Crippen molar-refractivity contribution >= 4 is 30.7 Å². The molecule has 1 fully saturated rings. The van der Waals surface area contributed by atoms with Crippen LogP contribution in [0.4, 0.5) is 0 Å². The Balaban J connectivity index is 2.74. The average Bonchev–Trinajstić information content (AvgIpc) is 2.10. The summed E-state index contributed by atoms with van der Waals surface area (Å²) in [4.78, 5) is 0. The molecule has 0 aromatic heterocycles. The van der Waals surface area contributed by atoms with Crippen LogP contribution in [0.25, 0.3) is 0 Å². The van der Waals surface area contributed by atoms with Gasteiger partial charge in [0.25, 0.3) is 0 Å². The van der Waals surface area contributed by atoms with Gasteiger partial charge in [-0.3, -0.25) is 0 Å². The average molecular weight is 215 g/mol. The maximum atomic E-state index is 11.0. The Labute approximate surface area is 71.8 Å². The molecule has 0 aromatic rings. The van der Waals surface area contributed by atoms with Gasteiger partial charge in [0, 0.05) is 0 Å². The van der Waals surface area contributed by atoms with Crippen molar-refractivity contribution in [3.8, 4) is 0 Å². The monoisotopic (exact) mass is 215 g/mol. The Morgan fingerprint density at radius 3 is 2.55 bits per heavy atom. The summed E-state index contributed by atoms with van der Waals surface area (Å²) in [7, 11) is -5.06. The Bertz CT molecular complexity index is 293. The normalized spacial score (nSPS) is 29.4. The second-order valence-electron chi connectivity index (χ2n) is 2.24. The Morgan fingerprint density at radius 1 is 1.55 bits per heavy atom. The van der Waals surface area contributed by atoms with Crippen LogP contribution in [0, 0.1) is 0 Å². The van der Waals surface area contributed by atoms with Crippen LogP contribution in [0.15, 0.2) is 0 Å². The zero-order valence-electron chi connectivity index (χ0n) is 5.56. The topological polar surface area (TPSA) is 60.4 Å². The van der Waals surface area contributed by atoms with Crippen LogP contribution in [0.3, 0.4) is 0 Å². The first-order valence-electron chi connectivity index (χ1n) is 3.00. The fraction of sp³-hybridized carbons (Fsp3) is 1.00. The third-order valence-corrected chi connectivity index (χ3v) is 4.19. The molecule has 1 heterocycles. The molecule has 0 amide bonds. The highest BCUT2D eigenvalue weighted by atomic mass is 32.8. The fourth-order valence-electron chi connectivity index (χ4n) is 0.958. The zero-order valence-corrected chi connectivity index (χ0v) is 8.01. The summed E-state index contributed by atoms with van der Waals surface area (Å²) in [5.74, 6) is 0.115. The summed E-state index contributed by atoms with van der Waals surface area (Å²) >= 11 is 4.20. The van der Waals surface area contributed by atoms with Crippen molar-refractivity contribution in [1.29, 1.82) is 0 Å². The number of sulfone groups is 1. The predicted molar refractivity (Wildman–Crippen MR) is 43.3 cm³/mol. The lowest BCUT2D eigenvalue weighted by atomic mass is 10.4. The molecule has 7 heteroatoms. The fourth-order valence-corrected chi connectivity index (χ4v) is 3.71. The van der Waals surface area contributed by atoms with E-state index in [2.05, 4.69) is 15.4 Å². The highest BCUT2D eigenvalue weighted by molar-refractivity contribution is 8.19. The molecule has 1 atom stereocenters. The molecule has 0 radical (unpaired) electrons. The molecule has 1 saturated heterocycles. The van der Waals surface area contributed by atoms with E-state index in [1.165, 1.54) is 0 Å². The van der Waals surface area contributed by atoms with Gasteiger partial charge in [0.15, 0.2) is 9.84 Å². The van der Waals surface area contributed by atoms with Gasteiger partial charge in [-0.2, -0.15) is 0 Å². The van der Waals surface area contributed by atoms with E-state index in [0.29, 0.717) is 12.8 Å². The molecule has 0 saturated carbocycles. The SMILES string of the molecule is O=[S-](=S)OC1CCCS1(=O)=O. The van der Waals surface area contributed by atoms with Gasteiger partial charge >= 0.3 is 0 Å². The standard InChI is InChI=1S/C4H7O4S3/c5-10(9)8-4-2-1-3-11(4,6)7/h4H,1-3H2/q-1. The highest BCUT2D eigenvalue weighted by Crippen LogP contribution is 2.20. The van der Waals surface area contributed by atoms with Crippen LogP contribution in [-0.4, -0.2) is 19.6 Å². The van der Waals surface area contributed by atoms with Crippen LogP contribution < -0.4 is 0 Å². The van der Waals surface area contributed by atoms with Gasteiger partial charge in [-0.15, -0.1) is 0 Å². The summed E-state index contributed by atoms with van der Waals surface area (Å²) in [6, 6.07) is 0. The minimum Gasteiger partial charge on any atom is -0.428 e. The first-order valence-corrected chi connectivity index (χ1v) is 6.72. The molecule has 0 aromatic carbocycles. The second kappa shape index (κ2) is 3.34. The van der Waals surface area contributed by atoms with E-state index in [9.17, 15) is 12.6 Å². The summed E-state index contributed by atoms with van der Waals surface area (Å²) in [6.07, 6.45) is 0.976. The lowest BCUT2D eigenvalue weighted by molar-refractivity contribution is 0.304. The van der Waals surface area contributed by atoms with Gasteiger partial charge in [-0.05, 0) is 12.8 Å². The van der Waals surface area contributed by atoms with Crippen LogP contribution in [-0.2, 0) is 39.1 Å². The molecule has 0 aliphatic carbocycles. The van der Waals surface area contributed by atoms with E-state index in [0.717, 1.165) is 0 Å². The lowest BCUT2D eigenvalue weighted by Gasteiger charge is -2.11. The first-order chi connectivity index (χ1) is 5.02. The van der Waals surface area contributed by atoms with E-state index < -0.39 is 24.9 Å². The Hall–Kier alpha value is 0.280. The molecule has 1 rings (SSSR count). The maximum absolute atomic E-state index is 11.0. The lowest BCUT2D eigenvalue weighted by Crippen LogP contribution is -2.18. The molecule has 66 valence electrons. The Kier molecular flexibility index (Phi) is 2.84. The van der Waals surface area contributed by atoms with Crippen LogP contribution in [0.5, 0.6) is 0 Å². The van der Waals surface area contributed by atoms with Crippen molar-refractivity contribution in [2.24, 2.45) is 0 Å². The van der Waals surface area contributed by atoms with Crippen LogP contribution >= 0.6 is 0 Å². The van der Waals surface area contributed by atoms with Crippen molar-refractivity contribution < 1.29 is 16.8 Å². The highest BCUT2D eigenvalue weighted by Gasteiger charge is 2.30. The van der Waals surface area contributed by atoms with Crippen molar-refractivity contribution in [2.45, 2.75) is 18.3 Å². The van der Waals surface area contributed by atoms with Crippen LogP contribution in [0.1, 0.15) is 12.8 Å². The number of hydrogen-bond acceptors (Lipinski definition) is 6. The van der Waals surface area contributed by atoms with E-state index in [-0.39, 0.29) is 5.75 Å². The van der Waals surface area contributed by atoms with Crippen molar-refractivity contribution in [3.05, 3.63) is 0 Å².